The van der Waals surface area contributed by atoms with E-state index in [0.29, 0.717) is 17.9 Å². The molecule has 0 saturated carbocycles. The molecule has 0 aliphatic rings. The molecule has 8 nitrogen and oxygen atoms in total. The van der Waals surface area contributed by atoms with Crippen LogP contribution in [-0.2, 0) is 20.0 Å². The summed E-state index contributed by atoms with van der Waals surface area (Å²) in [5, 5.41) is 3.62. The van der Waals surface area contributed by atoms with Crippen LogP contribution in [0.3, 0.4) is 0 Å². The Labute approximate surface area is 176 Å². The Balaban J connectivity index is 1.91. The first-order chi connectivity index (χ1) is 14.2. The van der Waals surface area contributed by atoms with Crippen molar-refractivity contribution in [3.8, 4) is 0 Å². The molecule has 0 unspecified atom stereocenters. The van der Waals surface area contributed by atoms with Gasteiger partial charge in [-0.15, -0.1) is 0 Å². The van der Waals surface area contributed by atoms with E-state index in [9.17, 15) is 16.8 Å². The molecule has 3 rings (SSSR count). The van der Waals surface area contributed by atoms with E-state index in [2.05, 4.69) is 9.88 Å². The van der Waals surface area contributed by atoms with E-state index in [4.69, 9.17) is 4.52 Å². The summed E-state index contributed by atoms with van der Waals surface area (Å²) in [7, 11) is -7.66. The van der Waals surface area contributed by atoms with E-state index in [1.165, 1.54) is 46.8 Å². The summed E-state index contributed by atoms with van der Waals surface area (Å²) in [5.41, 5.74) is 0.392. The summed E-state index contributed by atoms with van der Waals surface area (Å²) < 4.78 is 59.9. The van der Waals surface area contributed by atoms with E-state index >= 15 is 0 Å². The maximum atomic E-state index is 13.1. The van der Waals surface area contributed by atoms with Crippen LogP contribution in [0.5, 0.6) is 0 Å². The number of anilines is 2. The van der Waals surface area contributed by atoms with Crippen LogP contribution in [0.4, 0.5) is 11.5 Å². The Morgan fingerprint density at radius 3 is 2.20 bits per heavy atom. The van der Waals surface area contributed by atoms with Gasteiger partial charge in [-0.05, 0) is 49.7 Å². The summed E-state index contributed by atoms with van der Waals surface area (Å²) in [6.07, 6.45) is 1.48. The molecule has 0 fully saturated rings. The van der Waals surface area contributed by atoms with Crippen molar-refractivity contribution in [2.45, 2.75) is 36.5 Å². The minimum atomic E-state index is -3.89. The van der Waals surface area contributed by atoms with Crippen LogP contribution in [0.2, 0.25) is 0 Å². The number of sulfonamides is 2. The van der Waals surface area contributed by atoms with E-state index < -0.39 is 20.0 Å². The van der Waals surface area contributed by atoms with Crippen LogP contribution < -0.4 is 9.03 Å². The molecular weight excluding hydrogens is 426 g/mol. The summed E-state index contributed by atoms with van der Waals surface area (Å²) in [4.78, 5) is 0.167. The molecule has 10 heteroatoms. The fraction of sp³-hybridized carbons (Fsp3) is 0.250. The molecule has 1 aromatic heterocycles. The van der Waals surface area contributed by atoms with Gasteiger partial charge in [0.2, 0.25) is 0 Å². The molecule has 2 aromatic carbocycles. The molecule has 0 amide bonds. The van der Waals surface area contributed by atoms with Gasteiger partial charge in [0.15, 0.2) is 5.82 Å². The lowest BCUT2D eigenvalue weighted by Crippen LogP contribution is -2.32. The zero-order chi connectivity index (χ0) is 21.8. The number of nitrogens with one attached hydrogen (secondary N) is 1. The molecule has 0 bridgehead atoms. The summed E-state index contributed by atoms with van der Waals surface area (Å²) in [6, 6.07) is 15.3. The third kappa shape index (κ3) is 4.82. The molecular formula is C20H23N3O5S2. The lowest BCUT2D eigenvalue weighted by Gasteiger charge is -2.24. The molecule has 3 aromatic rings. The van der Waals surface area contributed by atoms with Gasteiger partial charge in [0.1, 0.15) is 5.76 Å². The van der Waals surface area contributed by atoms with Crippen molar-refractivity contribution in [1.82, 2.24) is 5.16 Å². The number of hydrogen-bond acceptors (Lipinski definition) is 6. The Kier molecular flexibility index (Phi) is 6.47. The fourth-order valence-electron chi connectivity index (χ4n) is 2.81. The average Bonchev–Trinajstić information content (AvgIpc) is 3.13. The van der Waals surface area contributed by atoms with Crippen LogP contribution in [0, 0.1) is 6.92 Å². The van der Waals surface area contributed by atoms with Crippen molar-refractivity contribution in [1.29, 1.82) is 0 Å². The highest BCUT2D eigenvalue weighted by Gasteiger charge is 2.25. The largest absolute Gasteiger partial charge is 0.360 e. The second-order valence-corrected chi connectivity index (χ2v) is 10.2. The van der Waals surface area contributed by atoms with Crippen molar-refractivity contribution in [2.24, 2.45) is 0 Å². The topological polar surface area (TPSA) is 110 Å². The minimum Gasteiger partial charge on any atom is -0.360 e. The first-order valence-corrected chi connectivity index (χ1v) is 12.3. The van der Waals surface area contributed by atoms with Crippen molar-refractivity contribution >= 4 is 31.6 Å². The second kappa shape index (κ2) is 8.88. The molecule has 0 spiro atoms. The third-order valence-corrected chi connectivity index (χ3v) is 7.56. The number of rotatable bonds is 9. The van der Waals surface area contributed by atoms with Gasteiger partial charge in [0.05, 0.1) is 15.5 Å². The molecule has 0 atom stereocenters. The molecule has 30 heavy (non-hydrogen) atoms. The van der Waals surface area contributed by atoms with Crippen LogP contribution in [0.25, 0.3) is 0 Å². The lowest BCUT2D eigenvalue weighted by atomic mass is 10.3. The SMILES string of the molecule is CCCCN(c1ccc(S(=O)(=O)Nc2cc(C)on2)cc1)S(=O)(=O)c1ccccc1. The van der Waals surface area contributed by atoms with E-state index in [-0.39, 0.29) is 22.2 Å². The van der Waals surface area contributed by atoms with Gasteiger partial charge >= 0.3 is 0 Å². The average molecular weight is 450 g/mol. The highest BCUT2D eigenvalue weighted by Crippen LogP contribution is 2.26. The first-order valence-electron chi connectivity index (χ1n) is 9.38. The maximum absolute atomic E-state index is 13.1. The van der Waals surface area contributed by atoms with Crippen LogP contribution in [-0.4, -0.2) is 28.5 Å². The van der Waals surface area contributed by atoms with Gasteiger partial charge in [0, 0.05) is 12.6 Å². The molecule has 1 heterocycles. The Bertz CT molecular complexity index is 1190. The third-order valence-electron chi connectivity index (χ3n) is 4.35. The summed E-state index contributed by atoms with van der Waals surface area (Å²) in [6.45, 7) is 3.91. The van der Waals surface area contributed by atoms with E-state index in [0.717, 1.165) is 6.42 Å². The quantitative estimate of drug-likeness (QED) is 0.532. The summed E-state index contributed by atoms with van der Waals surface area (Å²) in [5.74, 6) is 0.550. The maximum Gasteiger partial charge on any atom is 0.264 e. The van der Waals surface area contributed by atoms with E-state index in [1.54, 1.807) is 25.1 Å². The Morgan fingerprint density at radius 1 is 0.967 bits per heavy atom. The monoisotopic (exact) mass is 449 g/mol. The van der Waals surface area contributed by atoms with Gasteiger partial charge in [-0.1, -0.05) is 36.7 Å². The predicted octanol–water partition coefficient (Wildman–Crippen LogP) is 3.78. The molecule has 1 N–H and O–H groups in total. The standard InChI is InChI=1S/C20H23N3O5S2/c1-3-4-14-23(30(26,27)19-8-6-5-7-9-19)17-10-12-18(13-11-17)29(24,25)22-20-15-16(2)28-21-20/h5-13,15H,3-4,14H2,1-2H3,(H,21,22). The van der Waals surface area contributed by atoms with E-state index in [1.807, 2.05) is 6.92 Å². The van der Waals surface area contributed by atoms with Crippen molar-refractivity contribution in [2.75, 3.05) is 15.6 Å². The van der Waals surface area contributed by atoms with Crippen molar-refractivity contribution < 1.29 is 21.4 Å². The Morgan fingerprint density at radius 2 is 1.63 bits per heavy atom. The van der Waals surface area contributed by atoms with Crippen LogP contribution in [0.1, 0.15) is 25.5 Å². The highest BCUT2D eigenvalue weighted by atomic mass is 32.2. The molecule has 0 aliphatic carbocycles. The zero-order valence-corrected chi connectivity index (χ0v) is 18.3. The number of nitrogens with zero attached hydrogens (tertiary/aromatic N) is 2. The van der Waals surface area contributed by atoms with Crippen LogP contribution in [0.15, 0.2) is 75.0 Å². The predicted molar refractivity (Wildman–Crippen MR) is 114 cm³/mol. The highest BCUT2D eigenvalue weighted by molar-refractivity contribution is 7.93. The minimum absolute atomic E-state index is 0.0144. The van der Waals surface area contributed by atoms with Gasteiger partial charge in [-0.25, -0.2) is 16.8 Å². The van der Waals surface area contributed by atoms with Gasteiger partial charge in [-0.2, -0.15) is 0 Å². The van der Waals surface area contributed by atoms with Crippen LogP contribution >= 0.6 is 0 Å². The zero-order valence-electron chi connectivity index (χ0n) is 16.6. The molecule has 0 radical (unpaired) electrons. The normalized spacial score (nSPS) is 11.9. The van der Waals surface area contributed by atoms with Gasteiger partial charge in [0.25, 0.3) is 20.0 Å². The molecule has 0 aliphatic heterocycles. The van der Waals surface area contributed by atoms with Crippen molar-refractivity contribution in [3.05, 3.63) is 66.4 Å². The Hall–Kier alpha value is -2.85. The van der Waals surface area contributed by atoms with Crippen molar-refractivity contribution in [3.63, 3.8) is 0 Å². The number of aryl methyl sites for hydroxylation is 1. The second-order valence-electron chi connectivity index (χ2n) is 6.67. The lowest BCUT2D eigenvalue weighted by molar-refractivity contribution is 0.400. The number of unbranched alkanes of at least 4 members (excludes halogenated alkanes) is 1. The molecule has 0 saturated heterocycles. The number of hydrogen-bond donors (Lipinski definition) is 1. The number of aromatic nitrogens is 1. The fourth-order valence-corrected chi connectivity index (χ4v) is 5.32. The number of benzene rings is 2. The molecule has 160 valence electrons. The van der Waals surface area contributed by atoms with Gasteiger partial charge < -0.3 is 4.52 Å². The van der Waals surface area contributed by atoms with Gasteiger partial charge in [-0.3, -0.25) is 9.03 Å². The smallest absolute Gasteiger partial charge is 0.264 e. The summed E-state index contributed by atoms with van der Waals surface area (Å²) >= 11 is 0. The first kappa shape index (κ1) is 21.8.